The van der Waals surface area contributed by atoms with E-state index in [1.54, 1.807) is 13.3 Å². The average molecular weight is 209 g/mol. The Kier molecular flexibility index (Phi) is 4.90. The number of ether oxygens (including phenoxy) is 1. The number of nitrogens with zero attached hydrogens (tertiary/aromatic N) is 2. The van der Waals surface area contributed by atoms with Crippen molar-refractivity contribution in [1.29, 1.82) is 0 Å². The second-order valence-corrected chi connectivity index (χ2v) is 3.28. The molecule has 4 nitrogen and oxygen atoms in total. The van der Waals surface area contributed by atoms with Crippen LogP contribution >= 0.6 is 0 Å². The van der Waals surface area contributed by atoms with Gasteiger partial charge in [-0.15, -0.1) is 0 Å². The summed E-state index contributed by atoms with van der Waals surface area (Å²) in [5.41, 5.74) is 6.64. The highest BCUT2D eigenvalue weighted by atomic mass is 16.5. The lowest BCUT2D eigenvalue weighted by Gasteiger charge is -2.22. The zero-order chi connectivity index (χ0) is 11.1. The van der Waals surface area contributed by atoms with Gasteiger partial charge in [-0.1, -0.05) is 0 Å². The van der Waals surface area contributed by atoms with Crippen LogP contribution < -0.4 is 15.4 Å². The summed E-state index contributed by atoms with van der Waals surface area (Å²) in [5.74, 6) is 0.652. The fourth-order valence-corrected chi connectivity index (χ4v) is 1.46. The molecule has 0 saturated heterocycles. The van der Waals surface area contributed by atoms with Crippen molar-refractivity contribution in [3.8, 4) is 5.88 Å². The molecule has 0 saturated carbocycles. The van der Waals surface area contributed by atoms with E-state index >= 15 is 0 Å². The fraction of sp³-hybridized carbons (Fsp3) is 0.545. The van der Waals surface area contributed by atoms with Crippen LogP contribution in [0.5, 0.6) is 5.88 Å². The van der Waals surface area contributed by atoms with Crippen molar-refractivity contribution in [3.63, 3.8) is 0 Å². The van der Waals surface area contributed by atoms with E-state index in [2.05, 4.69) is 16.8 Å². The van der Waals surface area contributed by atoms with E-state index in [1.807, 2.05) is 12.1 Å². The molecule has 2 N–H and O–H groups in total. The van der Waals surface area contributed by atoms with Gasteiger partial charge in [-0.05, 0) is 26.0 Å². The summed E-state index contributed by atoms with van der Waals surface area (Å²) in [6, 6.07) is 3.93. The van der Waals surface area contributed by atoms with Gasteiger partial charge in [-0.25, -0.2) is 4.98 Å². The van der Waals surface area contributed by atoms with Crippen molar-refractivity contribution in [2.75, 3.05) is 31.6 Å². The van der Waals surface area contributed by atoms with Crippen molar-refractivity contribution in [1.82, 2.24) is 4.98 Å². The average Bonchev–Trinajstić information content (AvgIpc) is 2.30. The lowest BCUT2D eigenvalue weighted by molar-refractivity contribution is 0.398. The van der Waals surface area contributed by atoms with Gasteiger partial charge in [0.1, 0.15) is 0 Å². The number of rotatable bonds is 6. The number of hydrogen-bond acceptors (Lipinski definition) is 4. The Morgan fingerprint density at radius 3 is 2.93 bits per heavy atom. The van der Waals surface area contributed by atoms with Gasteiger partial charge < -0.3 is 15.4 Å². The van der Waals surface area contributed by atoms with Crippen LogP contribution in [0.25, 0.3) is 0 Å². The molecule has 84 valence electrons. The molecule has 0 unspecified atom stereocenters. The van der Waals surface area contributed by atoms with E-state index in [9.17, 15) is 0 Å². The van der Waals surface area contributed by atoms with Crippen molar-refractivity contribution < 1.29 is 4.74 Å². The van der Waals surface area contributed by atoms with Gasteiger partial charge in [-0.3, -0.25) is 0 Å². The third kappa shape index (κ3) is 3.40. The molecule has 0 fully saturated rings. The number of pyridine rings is 1. The Balaban J connectivity index is 2.72. The number of aromatic nitrogens is 1. The Hall–Kier alpha value is -1.29. The topological polar surface area (TPSA) is 51.4 Å². The van der Waals surface area contributed by atoms with Crippen molar-refractivity contribution in [3.05, 3.63) is 18.3 Å². The third-order valence-electron chi connectivity index (χ3n) is 2.31. The number of hydrogen-bond donors (Lipinski definition) is 1. The molecule has 0 aliphatic heterocycles. The Morgan fingerprint density at radius 2 is 2.33 bits per heavy atom. The monoisotopic (exact) mass is 209 g/mol. The van der Waals surface area contributed by atoms with Gasteiger partial charge in [0.05, 0.1) is 7.11 Å². The minimum Gasteiger partial charge on any atom is -0.481 e. The summed E-state index contributed by atoms with van der Waals surface area (Å²) < 4.78 is 5.09. The number of methoxy groups -OCH3 is 1. The van der Waals surface area contributed by atoms with Crippen molar-refractivity contribution in [2.45, 2.75) is 13.3 Å². The summed E-state index contributed by atoms with van der Waals surface area (Å²) in [5, 5.41) is 0. The largest absolute Gasteiger partial charge is 0.481 e. The second-order valence-electron chi connectivity index (χ2n) is 3.28. The Labute approximate surface area is 91.1 Å². The van der Waals surface area contributed by atoms with Crippen LogP contribution in [-0.2, 0) is 0 Å². The Bertz CT molecular complexity index is 291. The zero-order valence-corrected chi connectivity index (χ0v) is 9.44. The SMILES string of the molecule is CCN(CCCN)c1ccnc(OC)c1. The van der Waals surface area contributed by atoms with Crippen LogP contribution in [0.1, 0.15) is 13.3 Å². The molecule has 0 aromatic carbocycles. The van der Waals surface area contributed by atoms with E-state index in [0.29, 0.717) is 5.88 Å². The van der Waals surface area contributed by atoms with Gasteiger partial charge in [0, 0.05) is 31.0 Å². The first-order valence-corrected chi connectivity index (χ1v) is 5.26. The number of anilines is 1. The quantitative estimate of drug-likeness (QED) is 0.766. The smallest absolute Gasteiger partial charge is 0.214 e. The molecule has 4 heteroatoms. The predicted molar refractivity (Wildman–Crippen MR) is 62.3 cm³/mol. The van der Waals surface area contributed by atoms with Crippen LogP contribution in [0, 0.1) is 0 Å². The van der Waals surface area contributed by atoms with Gasteiger partial charge in [0.25, 0.3) is 0 Å². The highest BCUT2D eigenvalue weighted by Gasteiger charge is 2.04. The van der Waals surface area contributed by atoms with Crippen molar-refractivity contribution in [2.24, 2.45) is 5.73 Å². The second kappa shape index (κ2) is 6.24. The van der Waals surface area contributed by atoms with Crippen LogP contribution in [-0.4, -0.2) is 31.7 Å². The lowest BCUT2D eigenvalue weighted by Crippen LogP contribution is -2.25. The van der Waals surface area contributed by atoms with Gasteiger partial charge >= 0.3 is 0 Å². The molecule has 0 aliphatic rings. The summed E-state index contributed by atoms with van der Waals surface area (Å²) in [7, 11) is 1.63. The molecule has 1 aromatic rings. The minimum absolute atomic E-state index is 0.652. The molecule has 0 aliphatic carbocycles. The zero-order valence-electron chi connectivity index (χ0n) is 9.44. The van der Waals surface area contributed by atoms with Crippen LogP contribution in [0.2, 0.25) is 0 Å². The lowest BCUT2D eigenvalue weighted by atomic mass is 10.3. The van der Waals surface area contributed by atoms with E-state index in [0.717, 1.165) is 31.7 Å². The standard InChI is InChI=1S/C11H19N3O/c1-3-14(8-4-6-12)10-5-7-13-11(9-10)15-2/h5,7,9H,3-4,6,8,12H2,1-2H3. The van der Waals surface area contributed by atoms with E-state index < -0.39 is 0 Å². The predicted octanol–water partition coefficient (Wildman–Crippen LogP) is 1.27. The molecular formula is C11H19N3O. The molecule has 0 bridgehead atoms. The first kappa shape index (κ1) is 11.8. The van der Waals surface area contributed by atoms with Crippen molar-refractivity contribution >= 4 is 5.69 Å². The van der Waals surface area contributed by atoms with Gasteiger partial charge in [0.15, 0.2) is 0 Å². The summed E-state index contributed by atoms with van der Waals surface area (Å²) in [4.78, 5) is 6.34. The molecule has 1 aromatic heterocycles. The molecule has 1 rings (SSSR count). The molecule has 0 spiro atoms. The summed E-state index contributed by atoms with van der Waals surface area (Å²) in [6.45, 7) is 4.79. The Morgan fingerprint density at radius 1 is 1.53 bits per heavy atom. The molecule has 0 amide bonds. The molecule has 0 radical (unpaired) electrons. The molecular weight excluding hydrogens is 190 g/mol. The molecule has 15 heavy (non-hydrogen) atoms. The molecule has 0 atom stereocenters. The highest BCUT2D eigenvalue weighted by molar-refractivity contribution is 5.47. The maximum Gasteiger partial charge on any atom is 0.214 e. The number of nitrogens with two attached hydrogens (primary N) is 1. The van der Waals surface area contributed by atoms with Gasteiger partial charge in [0.2, 0.25) is 5.88 Å². The fourth-order valence-electron chi connectivity index (χ4n) is 1.46. The van der Waals surface area contributed by atoms with E-state index in [-0.39, 0.29) is 0 Å². The first-order chi connectivity index (χ1) is 7.31. The van der Waals surface area contributed by atoms with Crippen LogP contribution in [0.3, 0.4) is 0 Å². The maximum absolute atomic E-state index is 5.50. The normalized spacial score (nSPS) is 10.1. The van der Waals surface area contributed by atoms with E-state index in [1.165, 1.54) is 0 Å². The highest BCUT2D eigenvalue weighted by Crippen LogP contribution is 2.18. The third-order valence-corrected chi connectivity index (χ3v) is 2.31. The van der Waals surface area contributed by atoms with E-state index in [4.69, 9.17) is 10.5 Å². The van der Waals surface area contributed by atoms with Gasteiger partial charge in [-0.2, -0.15) is 0 Å². The minimum atomic E-state index is 0.652. The summed E-state index contributed by atoms with van der Waals surface area (Å²) in [6.07, 6.45) is 2.76. The summed E-state index contributed by atoms with van der Waals surface area (Å²) >= 11 is 0. The van der Waals surface area contributed by atoms with Crippen LogP contribution in [0.4, 0.5) is 5.69 Å². The maximum atomic E-state index is 5.50. The molecule has 1 heterocycles. The first-order valence-electron chi connectivity index (χ1n) is 5.26. The van der Waals surface area contributed by atoms with Crippen LogP contribution in [0.15, 0.2) is 18.3 Å².